The molecule has 1 saturated carbocycles. The van der Waals surface area contributed by atoms with Crippen LogP contribution < -0.4 is 10.6 Å². The number of imidazole rings is 2. The molecule has 0 radical (unpaired) electrons. The molecular weight excluding hydrogens is 857 g/mol. The SMILES string of the molecule is CC(C)(O)CNc1cc(Sc2ccccc2)nn2c(-c3ccc(C(=S)CC4CC4)cc3)cnc12.CC(C)(O)CNc1cc(Sc2ccccc2)nn2c(-c3ccc(C=O)cc3)cnc12. The maximum absolute atomic E-state index is 11.0. The Labute approximate surface area is 386 Å². The van der Waals surface area contributed by atoms with Gasteiger partial charge in [0, 0.05) is 44.4 Å². The van der Waals surface area contributed by atoms with Gasteiger partial charge < -0.3 is 20.8 Å². The summed E-state index contributed by atoms with van der Waals surface area (Å²) in [6.45, 7) is 7.84. The summed E-state index contributed by atoms with van der Waals surface area (Å²) in [5.74, 6) is 0.783. The molecule has 0 unspecified atom stereocenters. The van der Waals surface area contributed by atoms with Gasteiger partial charge in [0.1, 0.15) is 16.3 Å². The molecule has 4 N–H and O–H groups in total. The van der Waals surface area contributed by atoms with Gasteiger partial charge in [-0.15, -0.1) is 0 Å². The monoisotopic (exact) mass is 906 g/mol. The summed E-state index contributed by atoms with van der Waals surface area (Å²) in [6.07, 6.45) is 8.07. The first-order valence-electron chi connectivity index (χ1n) is 21.1. The second-order valence-corrected chi connectivity index (χ2v) is 19.8. The summed E-state index contributed by atoms with van der Waals surface area (Å²) in [6, 6.07) is 39.9. The van der Waals surface area contributed by atoms with Crippen LogP contribution in [0.15, 0.2) is 154 Å². The molecule has 0 amide bonds. The number of carbonyl (C=O) groups is 1. The summed E-state index contributed by atoms with van der Waals surface area (Å²) >= 11 is 8.80. The standard InChI is InChI=1S/C27H28N4OS2.C23H22N4O2S/c1-27(2,32)17-29-22-15-25(34-21-6-4-3-5-7-21)30-31-23(16-28-26(22)31)19-10-12-20(13-11-19)24(33)14-18-8-9-18;1-23(2,29)15-25-19-12-21(30-18-6-4-3-5-7-18)26-27-20(13-24-22(19)27)17-10-8-16(14-28)9-11-17/h3-7,10-13,15-16,18,29,32H,8-9,14,17H2,1-2H3;3-14,25,29H,15H2,1-2H3. The molecule has 4 heterocycles. The zero-order valence-corrected chi connectivity index (χ0v) is 38.6. The number of hydrogen-bond donors (Lipinski definition) is 4. The van der Waals surface area contributed by atoms with Crippen molar-refractivity contribution in [1.82, 2.24) is 29.2 Å². The normalized spacial score (nSPS) is 12.8. The number of fused-ring (bicyclic) bond motifs is 2. The van der Waals surface area contributed by atoms with Crippen LogP contribution in [-0.2, 0) is 0 Å². The van der Waals surface area contributed by atoms with E-state index in [2.05, 4.69) is 57.0 Å². The molecule has 0 saturated heterocycles. The van der Waals surface area contributed by atoms with E-state index < -0.39 is 11.2 Å². The van der Waals surface area contributed by atoms with Gasteiger partial charge in [-0.25, -0.2) is 19.0 Å². The van der Waals surface area contributed by atoms with Crippen molar-refractivity contribution in [3.05, 3.63) is 145 Å². The maximum Gasteiger partial charge on any atom is 0.177 e. The third-order valence-corrected chi connectivity index (χ3v) is 12.5. The van der Waals surface area contributed by atoms with Crippen LogP contribution in [0.25, 0.3) is 33.8 Å². The lowest BCUT2D eigenvalue weighted by Crippen LogP contribution is -2.29. The third-order valence-electron chi connectivity index (χ3n) is 10.3. The number of anilines is 2. The lowest BCUT2D eigenvalue weighted by molar-refractivity contribution is 0.0939. The van der Waals surface area contributed by atoms with E-state index in [-0.39, 0.29) is 0 Å². The second-order valence-electron chi connectivity index (χ2n) is 17.1. The van der Waals surface area contributed by atoms with Crippen LogP contribution in [0, 0.1) is 5.92 Å². The van der Waals surface area contributed by atoms with E-state index in [9.17, 15) is 15.0 Å². The highest BCUT2D eigenvalue weighted by Gasteiger charge is 2.24. The molecule has 14 heteroatoms. The van der Waals surface area contributed by atoms with Gasteiger partial charge in [-0.2, -0.15) is 10.2 Å². The highest BCUT2D eigenvalue weighted by Crippen LogP contribution is 2.36. The van der Waals surface area contributed by atoms with Crippen molar-refractivity contribution in [2.45, 2.75) is 78.0 Å². The van der Waals surface area contributed by atoms with Gasteiger partial charge in [0.05, 0.1) is 46.4 Å². The van der Waals surface area contributed by atoms with Crippen LogP contribution >= 0.6 is 35.7 Å². The number of aliphatic hydroxyl groups is 2. The minimum Gasteiger partial charge on any atom is -0.389 e. The minimum atomic E-state index is -0.868. The molecule has 1 aliphatic rings. The highest BCUT2D eigenvalue weighted by atomic mass is 32.2. The summed E-state index contributed by atoms with van der Waals surface area (Å²) in [5.41, 5.74) is 6.74. The van der Waals surface area contributed by atoms with Crippen molar-refractivity contribution in [2.24, 2.45) is 5.92 Å². The van der Waals surface area contributed by atoms with Gasteiger partial charge in [-0.3, -0.25) is 4.79 Å². The molecule has 4 aromatic heterocycles. The van der Waals surface area contributed by atoms with Gasteiger partial charge in [0.25, 0.3) is 0 Å². The topological polar surface area (TPSA) is 142 Å². The van der Waals surface area contributed by atoms with Crippen LogP contribution in [0.4, 0.5) is 11.4 Å². The molecule has 1 aliphatic carbocycles. The van der Waals surface area contributed by atoms with Gasteiger partial charge in [0.15, 0.2) is 11.3 Å². The van der Waals surface area contributed by atoms with Crippen molar-refractivity contribution < 1.29 is 15.0 Å². The second kappa shape index (κ2) is 19.5. The van der Waals surface area contributed by atoms with E-state index in [4.69, 9.17) is 22.4 Å². The first kappa shape index (κ1) is 44.7. The molecule has 0 aliphatic heterocycles. The summed E-state index contributed by atoms with van der Waals surface area (Å²) in [4.78, 5) is 23.4. The van der Waals surface area contributed by atoms with E-state index in [1.54, 1.807) is 74.1 Å². The third kappa shape index (κ3) is 11.6. The van der Waals surface area contributed by atoms with Gasteiger partial charge >= 0.3 is 0 Å². The highest BCUT2D eigenvalue weighted by molar-refractivity contribution is 7.99. The summed E-state index contributed by atoms with van der Waals surface area (Å²) in [7, 11) is 0. The molecule has 9 rings (SSSR count). The van der Waals surface area contributed by atoms with E-state index in [1.807, 2.05) is 83.5 Å². The molecular formula is C50H50N8O3S3. The van der Waals surface area contributed by atoms with Crippen molar-refractivity contribution in [1.29, 1.82) is 0 Å². The average Bonchev–Trinajstić information content (AvgIpc) is 3.83. The molecule has 0 bridgehead atoms. The first-order chi connectivity index (χ1) is 30.8. The number of aldehydes is 1. The lowest BCUT2D eigenvalue weighted by atomic mass is 10.0. The van der Waals surface area contributed by atoms with Crippen molar-refractivity contribution in [2.75, 3.05) is 23.7 Å². The quantitative estimate of drug-likeness (QED) is 0.0416. The molecule has 0 atom stereocenters. The van der Waals surface area contributed by atoms with Gasteiger partial charge in [-0.05, 0) is 94.8 Å². The summed E-state index contributed by atoms with van der Waals surface area (Å²) in [5, 5.41) is 38.4. The lowest BCUT2D eigenvalue weighted by Gasteiger charge is -2.19. The predicted molar refractivity (Wildman–Crippen MR) is 262 cm³/mol. The van der Waals surface area contributed by atoms with E-state index >= 15 is 0 Å². The fraction of sp³-hybridized carbons (Fsp3) is 0.240. The molecule has 326 valence electrons. The molecule has 0 spiro atoms. The first-order valence-corrected chi connectivity index (χ1v) is 23.2. The number of thiocarbonyl (C=S) groups is 1. The number of benzene rings is 4. The summed E-state index contributed by atoms with van der Waals surface area (Å²) < 4.78 is 3.68. The Hall–Kier alpha value is -5.90. The van der Waals surface area contributed by atoms with E-state index in [1.165, 1.54) is 12.8 Å². The molecule has 1 fully saturated rings. The largest absolute Gasteiger partial charge is 0.389 e. The van der Waals surface area contributed by atoms with Crippen LogP contribution in [0.3, 0.4) is 0 Å². The molecule has 8 aromatic rings. The average molecular weight is 907 g/mol. The Morgan fingerprint density at radius 3 is 1.53 bits per heavy atom. The fourth-order valence-corrected chi connectivity index (χ4v) is 8.79. The number of aromatic nitrogens is 6. The van der Waals surface area contributed by atoms with Crippen molar-refractivity contribution in [3.63, 3.8) is 0 Å². The number of hydrogen-bond acceptors (Lipinski definition) is 12. The van der Waals surface area contributed by atoms with Crippen LogP contribution in [0.2, 0.25) is 0 Å². The van der Waals surface area contributed by atoms with Crippen LogP contribution in [-0.4, -0.2) is 74.9 Å². The van der Waals surface area contributed by atoms with Crippen molar-refractivity contribution in [3.8, 4) is 22.5 Å². The zero-order valence-electron chi connectivity index (χ0n) is 36.1. The van der Waals surface area contributed by atoms with Crippen molar-refractivity contribution >= 4 is 69.6 Å². The van der Waals surface area contributed by atoms with Crippen LogP contribution in [0.5, 0.6) is 0 Å². The van der Waals surface area contributed by atoms with E-state index in [0.717, 1.165) is 88.4 Å². The smallest absolute Gasteiger partial charge is 0.177 e. The Kier molecular flexibility index (Phi) is 13.6. The Bertz CT molecular complexity index is 2870. The maximum atomic E-state index is 11.0. The molecule has 11 nitrogen and oxygen atoms in total. The number of nitrogens with one attached hydrogen (secondary N) is 2. The Morgan fingerprint density at radius 2 is 1.12 bits per heavy atom. The Morgan fingerprint density at radius 1 is 0.688 bits per heavy atom. The molecule has 4 aromatic carbocycles. The number of carbonyl (C=O) groups excluding carboxylic acids is 1. The number of rotatable bonds is 16. The molecule has 64 heavy (non-hydrogen) atoms. The predicted octanol–water partition coefficient (Wildman–Crippen LogP) is 10.8. The fourth-order valence-electron chi connectivity index (χ4n) is 6.75. The van der Waals surface area contributed by atoms with Gasteiger partial charge in [-0.1, -0.05) is 121 Å². The number of nitrogens with zero attached hydrogens (tertiary/aromatic N) is 6. The van der Waals surface area contributed by atoms with E-state index in [0.29, 0.717) is 24.3 Å². The zero-order chi connectivity index (χ0) is 44.8. The Balaban J connectivity index is 0.000000176. The van der Waals surface area contributed by atoms with Crippen LogP contribution in [0.1, 0.15) is 62.9 Å². The minimum absolute atomic E-state index is 0.373. The van der Waals surface area contributed by atoms with Gasteiger partial charge in [0.2, 0.25) is 0 Å².